The van der Waals surface area contributed by atoms with Gasteiger partial charge >= 0.3 is 0 Å². The van der Waals surface area contributed by atoms with Crippen LogP contribution in [0.2, 0.25) is 0 Å². The monoisotopic (exact) mass is 307 g/mol. The zero-order valence-corrected chi connectivity index (χ0v) is 13.4. The van der Waals surface area contributed by atoms with Crippen molar-refractivity contribution in [2.45, 2.75) is 18.4 Å². The first kappa shape index (κ1) is 15.3. The first-order valence-electron chi connectivity index (χ1n) is 7.89. The van der Waals surface area contributed by atoms with Crippen LogP contribution in [0.1, 0.15) is 17.9 Å². The third-order valence-corrected chi connectivity index (χ3v) is 4.27. The highest BCUT2D eigenvalue weighted by molar-refractivity contribution is 5.80. The van der Waals surface area contributed by atoms with Gasteiger partial charge in [-0.3, -0.25) is 9.67 Å². The zero-order chi connectivity index (χ0) is 15.4. The summed E-state index contributed by atoms with van der Waals surface area (Å²) in [6, 6.07) is 0. The quantitative estimate of drug-likeness (QED) is 0.638. The summed E-state index contributed by atoms with van der Waals surface area (Å²) < 4.78 is 12.9. The molecule has 0 aliphatic carbocycles. The first-order valence-corrected chi connectivity index (χ1v) is 7.89. The number of rotatable bonds is 3. The van der Waals surface area contributed by atoms with Crippen LogP contribution >= 0.6 is 0 Å². The summed E-state index contributed by atoms with van der Waals surface area (Å²) in [6.07, 6.45) is 5.33. The Kier molecular flexibility index (Phi) is 4.94. The Morgan fingerprint density at radius 1 is 1.50 bits per heavy atom. The van der Waals surface area contributed by atoms with E-state index in [2.05, 4.69) is 26.5 Å². The molecular formula is C15H25N5O2. The highest BCUT2D eigenvalue weighted by Gasteiger charge is 2.27. The Hall–Kier alpha value is -1.60. The third kappa shape index (κ3) is 3.59. The summed E-state index contributed by atoms with van der Waals surface area (Å²) in [5.41, 5.74) is 1.31. The minimum atomic E-state index is 0.113. The van der Waals surface area contributed by atoms with Gasteiger partial charge in [0, 0.05) is 45.8 Å². The van der Waals surface area contributed by atoms with Gasteiger partial charge in [0.1, 0.15) is 0 Å². The molecule has 2 fully saturated rings. The second-order valence-electron chi connectivity index (χ2n) is 5.87. The molecule has 0 saturated carbocycles. The van der Waals surface area contributed by atoms with Crippen molar-refractivity contribution >= 4 is 5.96 Å². The molecule has 2 atom stereocenters. The van der Waals surface area contributed by atoms with Crippen molar-refractivity contribution in [1.82, 2.24) is 20.0 Å². The highest BCUT2D eigenvalue weighted by atomic mass is 16.6. The van der Waals surface area contributed by atoms with Crippen molar-refractivity contribution in [3.05, 3.63) is 18.0 Å². The molecule has 1 aromatic rings. The van der Waals surface area contributed by atoms with Crippen LogP contribution < -0.4 is 5.32 Å². The molecule has 3 heterocycles. The van der Waals surface area contributed by atoms with Gasteiger partial charge in [0.05, 0.1) is 32.1 Å². The first-order chi connectivity index (χ1) is 10.8. The molecular weight excluding hydrogens is 282 g/mol. The lowest BCUT2D eigenvalue weighted by molar-refractivity contribution is -0.0851. The van der Waals surface area contributed by atoms with Crippen LogP contribution in [0, 0.1) is 0 Å². The molecule has 7 nitrogen and oxygen atoms in total. The topological polar surface area (TPSA) is 63.9 Å². The van der Waals surface area contributed by atoms with Crippen LogP contribution in [0.5, 0.6) is 0 Å². The highest BCUT2D eigenvalue weighted by Crippen LogP contribution is 2.26. The number of hydrogen-bond acceptors (Lipinski definition) is 4. The molecule has 0 radical (unpaired) electrons. The van der Waals surface area contributed by atoms with Gasteiger partial charge in [-0.2, -0.15) is 5.10 Å². The number of nitrogens with zero attached hydrogens (tertiary/aromatic N) is 4. The van der Waals surface area contributed by atoms with Crippen molar-refractivity contribution in [3.63, 3.8) is 0 Å². The number of nitrogens with one attached hydrogen (secondary N) is 1. The number of likely N-dealkylation sites (tertiary alicyclic amines) is 1. The van der Waals surface area contributed by atoms with E-state index in [1.165, 1.54) is 5.56 Å². The summed E-state index contributed by atoms with van der Waals surface area (Å²) in [7, 11) is 3.79. The van der Waals surface area contributed by atoms with Crippen molar-refractivity contribution in [2.75, 3.05) is 46.5 Å². The second kappa shape index (κ2) is 7.11. The minimum Gasteiger partial charge on any atom is -0.376 e. The maximum Gasteiger partial charge on any atom is 0.193 e. The van der Waals surface area contributed by atoms with E-state index >= 15 is 0 Å². The minimum absolute atomic E-state index is 0.113. The molecule has 7 heteroatoms. The van der Waals surface area contributed by atoms with Gasteiger partial charge in [0.2, 0.25) is 0 Å². The Bertz CT molecular complexity index is 510. The Morgan fingerprint density at radius 3 is 3.09 bits per heavy atom. The van der Waals surface area contributed by atoms with Gasteiger partial charge in [-0.15, -0.1) is 0 Å². The summed E-state index contributed by atoms with van der Waals surface area (Å²) >= 11 is 0. The number of guanidine groups is 1. The fraction of sp³-hybridized carbons (Fsp3) is 0.733. The summed E-state index contributed by atoms with van der Waals surface area (Å²) in [5, 5.41) is 7.68. The van der Waals surface area contributed by atoms with E-state index in [-0.39, 0.29) is 6.10 Å². The van der Waals surface area contributed by atoms with Crippen LogP contribution in [0.4, 0.5) is 0 Å². The van der Waals surface area contributed by atoms with E-state index in [4.69, 9.17) is 9.47 Å². The van der Waals surface area contributed by atoms with Crippen LogP contribution in [0.25, 0.3) is 0 Å². The fourth-order valence-corrected chi connectivity index (χ4v) is 3.07. The van der Waals surface area contributed by atoms with E-state index in [9.17, 15) is 0 Å². The summed E-state index contributed by atoms with van der Waals surface area (Å²) in [5.74, 6) is 1.47. The molecule has 0 bridgehead atoms. The van der Waals surface area contributed by atoms with Crippen molar-refractivity contribution in [1.29, 1.82) is 0 Å². The van der Waals surface area contributed by atoms with E-state index in [1.54, 1.807) is 0 Å². The van der Waals surface area contributed by atoms with Crippen molar-refractivity contribution in [3.8, 4) is 0 Å². The molecule has 2 saturated heterocycles. The van der Waals surface area contributed by atoms with E-state index < -0.39 is 0 Å². The Labute approximate surface area is 131 Å². The van der Waals surface area contributed by atoms with Crippen LogP contribution in [-0.2, 0) is 16.5 Å². The summed E-state index contributed by atoms with van der Waals surface area (Å²) in [6.45, 7) is 4.76. The van der Waals surface area contributed by atoms with E-state index in [0.717, 1.165) is 32.0 Å². The summed E-state index contributed by atoms with van der Waals surface area (Å²) in [4.78, 5) is 6.71. The fourth-order valence-electron chi connectivity index (χ4n) is 3.07. The maximum atomic E-state index is 5.66. The van der Waals surface area contributed by atoms with Gasteiger partial charge < -0.3 is 19.7 Å². The molecule has 0 spiro atoms. The predicted octanol–water partition coefficient (Wildman–Crippen LogP) is 0.200. The smallest absolute Gasteiger partial charge is 0.193 e. The molecule has 2 unspecified atom stereocenters. The van der Waals surface area contributed by atoms with Crippen LogP contribution in [0.3, 0.4) is 0 Å². The van der Waals surface area contributed by atoms with Gasteiger partial charge in [0.15, 0.2) is 5.96 Å². The van der Waals surface area contributed by atoms with Gasteiger partial charge in [0.25, 0.3) is 0 Å². The van der Waals surface area contributed by atoms with Crippen LogP contribution in [-0.4, -0.2) is 73.2 Å². The number of aryl methyl sites for hydroxylation is 1. The molecule has 3 rings (SSSR count). The number of aliphatic imine (C=N–C) groups is 1. The molecule has 2 aliphatic heterocycles. The second-order valence-corrected chi connectivity index (χ2v) is 5.87. The van der Waals surface area contributed by atoms with Gasteiger partial charge in [-0.1, -0.05) is 0 Å². The van der Waals surface area contributed by atoms with Crippen LogP contribution in [0.15, 0.2) is 17.4 Å². The molecule has 1 aromatic heterocycles. The standard InChI is InChI=1S/C15H25N5O2/c1-16-15(17-8-14-11-21-5-6-22-14)20-4-3-12(10-20)13-7-18-19(2)9-13/h7,9,12,14H,3-6,8,10-11H2,1-2H3,(H,16,17). The molecule has 2 aliphatic rings. The number of hydrogen-bond donors (Lipinski definition) is 1. The normalized spacial score (nSPS) is 26.5. The third-order valence-electron chi connectivity index (χ3n) is 4.27. The lowest BCUT2D eigenvalue weighted by Crippen LogP contribution is -2.45. The molecule has 1 N–H and O–H groups in total. The lowest BCUT2D eigenvalue weighted by atomic mass is 10.0. The average Bonchev–Trinajstić information content (AvgIpc) is 3.18. The molecule has 122 valence electrons. The molecule has 22 heavy (non-hydrogen) atoms. The predicted molar refractivity (Wildman–Crippen MR) is 84.1 cm³/mol. The van der Waals surface area contributed by atoms with E-state index in [0.29, 0.717) is 25.7 Å². The molecule has 0 amide bonds. The van der Waals surface area contributed by atoms with E-state index in [1.807, 2.05) is 25.0 Å². The SMILES string of the molecule is CN=C(NCC1COCCO1)N1CCC(c2cnn(C)c2)C1. The number of ether oxygens (including phenoxy) is 2. The van der Waals surface area contributed by atoms with Crippen molar-refractivity contribution in [2.24, 2.45) is 12.0 Å². The van der Waals surface area contributed by atoms with Crippen molar-refractivity contribution < 1.29 is 9.47 Å². The zero-order valence-electron chi connectivity index (χ0n) is 13.4. The Morgan fingerprint density at radius 2 is 2.41 bits per heavy atom. The average molecular weight is 307 g/mol. The largest absolute Gasteiger partial charge is 0.376 e. The van der Waals surface area contributed by atoms with Gasteiger partial charge in [-0.25, -0.2) is 0 Å². The number of aromatic nitrogens is 2. The molecule has 0 aromatic carbocycles. The Balaban J connectivity index is 1.51. The van der Waals surface area contributed by atoms with Gasteiger partial charge in [-0.05, 0) is 12.0 Å². The maximum absolute atomic E-state index is 5.66. The lowest BCUT2D eigenvalue weighted by Gasteiger charge is -2.26.